The van der Waals surface area contributed by atoms with Crippen LogP contribution < -0.4 is 11.0 Å². The number of nitrogens with zero attached hydrogens (tertiary/aromatic N) is 3. The largest absolute Gasteiger partial charge is 0.366 e. The Labute approximate surface area is 139 Å². The fourth-order valence-electron chi connectivity index (χ4n) is 4.73. The summed E-state index contributed by atoms with van der Waals surface area (Å²) in [5, 5.41) is 4.65. The van der Waals surface area contributed by atoms with Gasteiger partial charge in [-0.2, -0.15) is 0 Å². The Balaban J connectivity index is 1.61. The van der Waals surface area contributed by atoms with Crippen molar-refractivity contribution < 1.29 is 0 Å². The van der Waals surface area contributed by atoms with Gasteiger partial charge in [-0.25, -0.2) is 14.8 Å². The van der Waals surface area contributed by atoms with Crippen LogP contribution in [-0.2, 0) is 6.54 Å². The summed E-state index contributed by atoms with van der Waals surface area (Å²) in [6, 6.07) is 4.52. The molecule has 2 fully saturated rings. The van der Waals surface area contributed by atoms with Crippen molar-refractivity contribution in [3.8, 4) is 0 Å². The molecule has 1 aromatic carbocycles. The number of aromatic nitrogens is 4. The molecule has 2 heterocycles. The Kier molecular flexibility index (Phi) is 2.96. The maximum Gasteiger partial charge on any atom is 0.326 e. The van der Waals surface area contributed by atoms with Gasteiger partial charge in [0.05, 0.1) is 16.6 Å². The molecule has 6 nitrogen and oxygen atoms in total. The van der Waals surface area contributed by atoms with Crippen LogP contribution in [0.4, 0.5) is 5.82 Å². The highest BCUT2D eigenvalue weighted by molar-refractivity contribution is 5.98. The molecule has 3 unspecified atom stereocenters. The number of nitrogens with one attached hydrogen (secondary N) is 2. The van der Waals surface area contributed by atoms with E-state index in [0.29, 0.717) is 12.6 Å². The Bertz CT molecular complexity index is 988. The molecule has 2 aliphatic rings. The summed E-state index contributed by atoms with van der Waals surface area (Å²) >= 11 is 0. The van der Waals surface area contributed by atoms with E-state index < -0.39 is 0 Å². The first-order valence-corrected chi connectivity index (χ1v) is 8.86. The number of benzene rings is 1. The first-order valence-electron chi connectivity index (χ1n) is 8.86. The molecule has 124 valence electrons. The van der Waals surface area contributed by atoms with Gasteiger partial charge in [0.25, 0.3) is 0 Å². The number of anilines is 1. The zero-order chi connectivity index (χ0) is 16.3. The van der Waals surface area contributed by atoms with Crippen LogP contribution in [0.2, 0.25) is 0 Å². The maximum atomic E-state index is 12.1. The van der Waals surface area contributed by atoms with E-state index in [0.717, 1.165) is 39.6 Å². The summed E-state index contributed by atoms with van der Waals surface area (Å²) in [7, 11) is 0. The number of hydrogen-bond donors (Lipinski definition) is 2. The predicted octanol–water partition coefficient (Wildman–Crippen LogP) is 2.89. The third kappa shape index (κ3) is 1.98. The van der Waals surface area contributed by atoms with Crippen molar-refractivity contribution in [3.63, 3.8) is 0 Å². The van der Waals surface area contributed by atoms with Crippen LogP contribution >= 0.6 is 0 Å². The predicted molar refractivity (Wildman–Crippen MR) is 94.2 cm³/mol. The Morgan fingerprint density at radius 1 is 1.29 bits per heavy atom. The molecule has 0 radical (unpaired) electrons. The third-order valence-electron chi connectivity index (χ3n) is 5.91. The van der Waals surface area contributed by atoms with Gasteiger partial charge in [-0.3, -0.25) is 4.57 Å². The molecule has 2 bridgehead atoms. The smallest absolute Gasteiger partial charge is 0.326 e. The molecule has 0 saturated heterocycles. The molecular weight excluding hydrogens is 302 g/mol. The standard InChI is InChI=1S/C18H21N5O/c1-2-23-16-8-14-12(7-15(16)22-18(23)24)17(20-9-19-14)21-13-6-10-3-4-11(13)5-10/h7-11,13H,2-6H2,1H3,(H,22,24)(H,19,20,21). The normalized spacial score (nSPS) is 25.8. The second-order valence-electron chi connectivity index (χ2n) is 7.21. The number of H-pyrrole nitrogens is 1. The first-order chi connectivity index (χ1) is 11.7. The quantitative estimate of drug-likeness (QED) is 0.777. The summed E-state index contributed by atoms with van der Waals surface area (Å²) in [6.45, 7) is 2.62. The van der Waals surface area contributed by atoms with Gasteiger partial charge in [0.15, 0.2) is 0 Å². The highest BCUT2D eigenvalue weighted by Crippen LogP contribution is 2.45. The molecule has 3 aromatic rings. The second kappa shape index (κ2) is 5.06. The molecule has 5 rings (SSSR count). The van der Waals surface area contributed by atoms with Gasteiger partial charge in [0.2, 0.25) is 0 Å². The average molecular weight is 323 g/mol. The van der Waals surface area contributed by atoms with Crippen LogP contribution in [0.1, 0.15) is 32.6 Å². The minimum Gasteiger partial charge on any atom is -0.366 e. The minimum absolute atomic E-state index is 0.0709. The van der Waals surface area contributed by atoms with Crippen LogP contribution in [0.3, 0.4) is 0 Å². The molecule has 0 spiro atoms. The van der Waals surface area contributed by atoms with Crippen molar-refractivity contribution in [2.24, 2.45) is 11.8 Å². The number of fused-ring (bicyclic) bond motifs is 4. The van der Waals surface area contributed by atoms with E-state index in [1.807, 2.05) is 19.1 Å². The number of aromatic amines is 1. The molecule has 2 aliphatic carbocycles. The SMILES string of the molecule is CCn1c(=O)[nH]c2cc3c(NC4CC5CCC4C5)ncnc3cc21. The summed E-state index contributed by atoms with van der Waals surface area (Å²) in [6.07, 6.45) is 6.95. The lowest BCUT2D eigenvalue weighted by Crippen LogP contribution is -2.26. The Morgan fingerprint density at radius 2 is 2.21 bits per heavy atom. The van der Waals surface area contributed by atoms with E-state index in [-0.39, 0.29) is 5.69 Å². The van der Waals surface area contributed by atoms with Gasteiger partial charge < -0.3 is 10.3 Å². The lowest BCUT2D eigenvalue weighted by Gasteiger charge is -2.23. The summed E-state index contributed by atoms with van der Waals surface area (Å²) in [5.74, 6) is 2.57. The monoisotopic (exact) mass is 323 g/mol. The van der Waals surface area contributed by atoms with Gasteiger partial charge in [-0.1, -0.05) is 6.42 Å². The maximum absolute atomic E-state index is 12.1. The topological polar surface area (TPSA) is 75.6 Å². The molecule has 0 aliphatic heterocycles. The molecular formula is C18H21N5O. The molecule has 2 saturated carbocycles. The number of rotatable bonds is 3. The van der Waals surface area contributed by atoms with Gasteiger partial charge in [-0.05, 0) is 50.2 Å². The van der Waals surface area contributed by atoms with E-state index in [1.54, 1.807) is 10.9 Å². The van der Waals surface area contributed by atoms with E-state index in [4.69, 9.17) is 0 Å². The lowest BCUT2D eigenvalue weighted by atomic mass is 9.95. The molecule has 24 heavy (non-hydrogen) atoms. The fourth-order valence-corrected chi connectivity index (χ4v) is 4.73. The van der Waals surface area contributed by atoms with Crippen molar-refractivity contribution in [2.75, 3.05) is 5.32 Å². The van der Waals surface area contributed by atoms with E-state index in [2.05, 4.69) is 20.3 Å². The number of imidazole rings is 1. The summed E-state index contributed by atoms with van der Waals surface area (Å²) < 4.78 is 1.74. The van der Waals surface area contributed by atoms with Crippen molar-refractivity contribution in [1.82, 2.24) is 19.5 Å². The summed E-state index contributed by atoms with van der Waals surface area (Å²) in [4.78, 5) is 23.9. The molecule has 3 atom stereocenters. The van der Waals surface area contributed by atoms with Crippen molar-refractivity contribution in [2.45, 2.75) is 45.2 Å². The van der Waals surface area contributed by atoms with Crippen molar-refractivity contribution in [3.05, 3.63) is 28.9 Å². The van der Waals surface area contributed by atoms with Gasteiger partial charge in [0, 0.05) is 18.0 Å². The molecule has 6 heteroatoms. The van der Waals surface area contributed by atoms with Crippen LogP contribution in [0.15, 0.2) is 23.3 Å². The highest BCUT2D eigenvalue weighted by atomic mass is 16.1. The number of hydrogen-bond acceptors (Lipinski definition) is 4. The van der Waals surface area contributed by atoms with Gasteiger partial charge in [0.1, 0.15) is 12.1 Å². The van der Waals surface area contributed by atoms with Crippen molar-refractivity contribution >= 4 is 27.8 Å². The molecule has 2 aromatic heterocycles. The number of aryl methyl sites for hydroxylation is 1. The van der Waals surface area contributed by atoms with Crippen LogP contribution in [0.25, 0.3) is 21.9 Å². The minimum atomic E-state index is -0.0709. The Hall–Kier alpha value is -2.37. The Morgan fingerprint density at radius 3 is 2.96 bits per heavy atom. The third-order valence-corrected chi connectivity index (χ3v) is 5.91. The molecule has 2 N–H and O–H groups in total. The first kappa shape index (κ1) is 14.0. The van der Waals surface area contributed by atoms with Crippen LogP contribution in [0, 0.1) is 11.8 Å². The van der Waals surface area contributed by atoms with Crippen LogP contribution in [-0.4, -0.2) is 25.6 Å². The lowest BCUT2D eigenvalue weighted by molar-refractivity contribution is 0.439. The molecule has 0 amide bonds. The van der Waals surface area contributed by atoms with Gasteiger partial charge in [-0.15, -0.1) is 0 Å². The van der Waals surface area contributed by atoms with Gasteiger partial charge >= 0.3 is 5.69 Å². The van der Waals surface area contributed by atoms with E-state index >= 15 is 0 Å². The van der Waals surface area contributed by atoms with Crippen molar-refractivity contribution in [1.29, 1.82) is 0 Å². The summed E-state index contributed by atoms with van der Waals surface area (Å²) in [5.41, 5.74) is 2.56. The zero-order valence-corrected chi connectivity index (χ0v) is 13.7. The van der Waals surface area contributed by atoms with E-state index in [1.165, 1.54) is 25.7 Å². The van der Waals surface area contributed by atoms with Crippen LogP contribution in [0.5, 0.6) is 0 Å². The highest BCUT2D eigenvalue weighted by Gasteiger charge is 2.39. The fraction of sp³-hybridized carbons (Fsp3) is 0.500. The average Bonchev–Trinajstić information content (AvgIpc) is 3.26. The van der Waals surface area contributed by atoms with E-state index in [9.17, 15) is 4.79 Å². The zero-order valence-electron chi connectivity index (χ0n) is 13.7. The second-order valence-corrected chi connectivity index (χ2v) is 7.21.